The van der Waals surface area contributed by atoms with Gasteiger partial charge < -0.3 is 15.2 Å². The molecule has 30 heavy (non-hydrogen) atoms. The van der Waals surface area contributed by atoms with Crippen LogP contribution in [0, 0.1) is 0 Å². The van der Waals surface area contributed by atoms with E-state index in [2.05, 4.69) is 29.6 Å². The van der Waals surface area contributed by atoms with Gasteiger partial charge in [0.05, 0.1) is 0 Å². The minimum Gasteiger partial charge on any atom is -0.508 e. The number of ether oxygens (including phenoxy) is 1. The van der Waals surface area contributed by atoms with Crippen molar-refractivity contribution < 1.29 is 19.4 Å². The monoisotopic (exact) mass is 399 g/mol. The molecular weight excluding hydrogens is 378 g/mol. The minimum absolute atomic E-state index is 0.0193. The van der Waals surface area contributed by atoms with Crippen LogP contribution in [0.5, 0.6) is 5.75 Å². The van der Waals surface area contributed by atoms with Crippen molar-refractivity contribution in [1.29, 1.82) is 0 Å². The van der Waals surface area contributed by atoms with E-state index >= 15 is 0 Å². The molecule has 0 aliphatic heterocycles. The van der Waals surface area contributed by atoms with Crippen molar-refractivity contribution in [3.63, 3.8) is 0 Å². The molecule has 2 N–H and O–H groups in total. The number of amides is 1. The lowest BCUT2D eigenvalue weighted by molar-refractivity contribution is 0.112. The first-order valence-electron chi connectivity index (χ1n) is 9.71. The molecule has 1 aliphatic rings. The maximum atomic E-state index is 12.1. The maximum absolute atomic E-state index is 12.1. The predicted molar refractivity (Wildman–Crippen MR) is 116 cm³/mol. The summed E-state index contributed by atoms with van der Waals surface area (Å²) in [5.41, 5.74) is 5.75. The molecule has 5 heteroatoms. The second-order valence-corrected chi connectivity index (χ2v) is 7.04. The van der Waals surface area contributed by atoms with Gasteiger partial charge in [0, 0.05) is 18.0 Å². The van der Waals surface area contributed by atoms with Crippen molar-refractivity contribution in [2.24, 2.45) is 0 Å². The molecule has 4 rings (SSSR count). The highest BCUT2D eigenvalue weighted by atomic mass is 16.5. The van der Waals surface area contributed by atoms with Crippen molar-refractivity contribution in [2.45, 2.75) is 5.92 Å². The smallest absolute Gasteiger partial charge is 0.407 e. The topological polar surface area (TPSA) is 75.6 Å². The molecule has 0 spiro atoms. The molecule has 150 valence electrons. The third-order valence-corrected chi connectivity index (χ3v) is 5.20. The zero-order valence-electron chi connectivity index (χ0n) is 16.2. The lowest BCUT2D eigenvalue weighted by atomic mass is 9.98. The normalized spacial score (nSPS) is 12.4. The second kappa shape index (κ2) is 8.66. The fraction of sp³-hybridized carbons (Fsp3) is 0.120. The van der Waals surface area contributed by atoms with E-state index in [0.29, 0.717) is 17.4 Å². The van der Waals surface area contributed by atoms with Gasteiger partial charge in [-0.3, -0.25) is 4.79 Å². The van der Waals surface area contributed by atoms with Crippen LogP contribution in [0.2, 0.25) is 0 Å². The zero-order valence-corrected chi connectivity index (χ0v) is 16.2. The first kappa shape index (κ1) is 19.5. The predicted octanol–water partition coefficient (Wildman–Crippen LogP) is 4.76. The number of phenols is 1. The summed E-state index contributed by atoms with van der Waals surface area (Å²) in [6.07, 6.45) is 3.62. The Balaban J connectivity index is 1.34. The molecule has 0 bridgehead atoms. The molecule has 0 saturated carbocycles. The number of aldehydes is 1. The number of nitrogens with one attached hydrogen (secondary N) is 1. The Bertz CT molecular complexity index is 1070. The summed E-state index contributed by atoms with van der Waals surface area (Å²) in [7, 11) is 0. The summed E-state index contributed by atoms with van der Waals surface area (Å²) in [6.45, 7) is 0.521. The fourth-order valence-corrected chi connectivity index (χ4v) is 3.79. The van der Waals surface area contributed by atoms with Gasteiger partial charge in [-0.25, -0.2) is 4.79 Å². The number of aromatic hydroxyl groups is 1. The molecule has 0 atom stereocenters. The van der Waals surface area contributed by atoms with E-state index in [9.17, 15) is 14.7 Å². The standard InChI is InChI=1S/C25H21NO4/c27-15-18-14-19(28)12-11-17(18)6-5-13-26-25(29)30-16-24-22-9-3-1-7-20(22)21-8-2-4-10-23(21)24/h1-12,14-15,24,28H,13,16H2,(H,26,29). The van der Waals surface area contributed by atoms with Gasteiger partial charge in [-0.05, 0) is 39.9 Å². The number of hydrogen-bond acceptors (Lipinski definition) is 4. The lowest BCUT2D eigenvalue weighted by Gasteiger charge is -2.14. The van der Waals surface area contributed by atoms with Crippen LogP contribution in [0.25, 0.3) is 17.2 Å². The molecule has 1 amide bonds. The van der Waals surface area contributed by atoms with Crippen molar-refractivity contribution in [3.8, 4) is 16.9 Å². The van der Waals surface area contributed by atoms with Gasteiger partial charge >= 0.3 is 6.09 Å². The van der Waals surface area contributed by atoms with Crippen LogP contribution in [-0.2, 0) is 4.74 Å². The number of hydrogen-bond donors (Lipinski definition) is 2. The van der Waals surface area contributed by atoms with Gasteiger partial charge in [-0.15, -0.1) is 0 Å². The molecule has 0 unspecified atom stereocenters. The van der Waals surface area contributed by atoms with E-state index in [1.165, 1.54) is 34.4 Å². The SMILES string of the molecule is O=Cc1cc(O)ccc1C=CCNC(=O)OCC1c2ccccc2-c2ccccc21. The summed E-state index contributed by atoms with van der Waals surface area (Å²) in [4.78, 5) is 23.2. The first-order valence-corrected chi connectivity index (χ1v) is 9.71. The highest BCUT2D eigenvalue weighted by molar-refractivity contribution is 5.82. The molecule has 0 fully saturated rings. The van der Waals surface area contributed by atoms with E-state index in [-0.39, 0.29) is 24.8 Å². The van der Waals surface area contributed by atoms with Crippen LogP contribution < -0.4 is 5.32 Å². The van der Waals surface area contributed by atoms with E-state index in [1.807, 2.05) is 24.3 Å². The molecule has 3 aromatic rings. The second-order valence-electron chi connectivity index (χ2n) is 7.04. The van der Waals surface area contributed by atoms with Gasteiger partial charge in [0.15, 0.2) is 6.29 Å². The Morgan fingerprint density at radius 1 is 0.967 bits per heavy atom. The average Bonchev–Trinajstić information content (AvgIpc) is 3.10. The molecule has 3 aromatic carbocycles. The van der Waals surface area contributed by atoms with Crippen LogP contribution in [0.3, 0.4) is 0 Å². The highest BCUT2D eigenvalue weighted by Crippen LogP contribution is 2.44. The maximum Gasteiger partial charge on any atom is 0.407 e. The van der Waals surface area contributed by atoms with Crippen LogP contribution in [0.15, 0.2) is 72.8 Å². The lowest BCUT2D eigenvalue weighted by Crippen LogP contribution is -2.26. The van der Waals surface area contributed by atoms with E-state index < -0.39 is 6.09 Å². The summed E-state index contributed by atoms with van der Waals surface area (Å²) < 4.78 is 5.48. The Morgan fingerprint density at radius 2 is 1.63 bits per heavy atom. The van der Waals surface area contributed by atoms with Crippen LogP contribution in [0.4, 0.5) is 4.79 Å². The number of fused-ring (bicyclic) bond motifs is 3. The Hall–Kier alpha value is -3.86. The quantitative estimate of drug-likeness (QED) is 0.586. The third kappa shape index (κ3) is 3.96. The largest absolute Gasteiger partial charge is 0.508 e. The number of carbonyl (C=O) groups excluding carboxylic acids is 2. The number of rotatable bonds is 6. The summed E-state index contributed by atoms with van der Waals surface area (Å²) in [5, 5.41) is 12.1. The van der Waals surface area contributed by atoms with E-state index in [1.54, 1.807) is 18.2 Å². The Labute approximate surface area is 174 Å². The molecule has 0 radical (unpaired) electrons. The molecule has 0 aromatic heterocycles. The zero-order chi connectivity index (χ0) is 20.9. The molecule has 0 heterocycles. The van der Waals surface area contributed by atoms with Crippen molar-refractivity contribution in [1.82, 2.24) is 5.32 Å². The Morgan fingerprint density at radius 3 is 2.30 bits per heavy atom. The van der Waals surface area contributed by atoms with Gasteiger partial charge in [0.2, 0.25) is 0 Å². The van der Waals surface area contributed by atoms with Gasteiger partial charge in [-0.2, -0.15) is 0 Å². The first-order chi connectivity index (χ1) is 14.7. The highest BCUT2D eigenvalue weighted by Gasteiger charge is 2.28. The van der Waals surface area contributed by atoms with Crippen molar-refractivity contribution in [3.05, 3.63) is 95.1 Å². The molecule has 1 aliphatic carbocycles. The van der Waals surface area contributed by atoms with Gasteiger partial charge in [0.25, 0.3) is 0 Å². The molecule has 0 saturated heterocycles. The number of benzene rings is 3. The third-order valence-electron chi connectivity index (χ3n) is 5.20. The van der Waals surface area contributed by atoms with Crippen LogP contribution in [-0.4, -0.2) is 30.6 Å². The molecule has 5 nitrogen and oxygen atoms in total. The van der Waals surface area contributed by atoms with Crippen LogP contribution >= 0.6 is 0 Å². The summed E-state index contributed by atoms with van der Waals surface area (Å²) in [5.74, 6) is 0.0526. The molecular formula is C25H21NO4. The van der Waals surface area contributed by atoms with Gasteiger partial charge in [-0.1, -0.05) is 66.7 Å². The van der Waals surface area contributed by atoms with E-state index in [0.717, 1.165) is 0 Å². The van der Waals surface area contributed by atoms with Crippen LogP contribution in [0.1, 0.15) is 33.0 Å². The van der Waals surface area contributed by atoms with Gasteiger partial charge in [0.1, 0.15) is 12.4 Å². The van der Waals surface area contributed by atoms with Crippen molar-refractivity contribution >= 4 is 18.5 Å². The average molecular weight is 399 g/mol. The Kier molecular flexibility index (Phi) is 5.61. The minimum atomic E-state index is -0.497. The van der Waals surface area contributed by atoms with E-state index in [4.69, 9.17) is 4.74 Å². The summed E-state index contributed by atoms with van der Waals surface area (Å²) >= 11 is 0. The summed E-state index contributed by atoms with van der Waals surface area (Å²) in [6, 6.07) is 20.9. The number of carbonyl (C=O) groups is 2. The number of alkyl carbamates (subject to hydrolysis) is 1. The fourth-order valence-electron chi connectivity index (χ4n) is 3.79. The number of phenolic OH excluding ortho intramolecular Hbond substituents is 1. The van der Waals surface area contributed by atoms with Crippen molar-refractivity contribution in [2.75, 3.05) is 13.2 Å².